The third kappa shape index (κ3) is 4.16. The fraction of sp³-hybridized carbons (Fsp3) is 0.286. The average Bonchev–Trinajstić information content (AvgIpc) is 3.02. The van der Waals surface area contributed by atoms with E-state index >= 15 is 0 Å². The molecule has 0 aliphatic rings. The molecule has 1 atom stereocenters. The molecule has 6 nitrogen and oxygen atoms in total. The Morgan fingerprint density at radius 3 is 2.56 bits per heavy atom. The molecule has 3 rings (SSSR count). The van der Waals surface area contributed by atoms with Crippen LogP contribution in [0.15, 0.2) is 47.0 Å². The van der Waals surface area contributed by atoms with Crippen molar-refractivity contribution in [2.24, 2.45) is 0 Å². The molecule has 2 aromatic carbocycles. The molecular weight excluding hydrogens is 344 g/mol. The molecule has 0 fully saturated rings. The van der Waals surface area contributed by atoms with Gasteiger partial charge in [0.25, 0.3) is 0 Å². The van der Waals surface area contributed by atoms with Gasteiger partial charge in [-0.15, -0.1) is 0 Å². The second-order valence-corrected chi connectivity index (χ2v) is 6.40. The summed E-state index contributed by atoms with van der Waals surface area (Å²) in [5, 5.41) is 7.58. The predicted octanol–water partition coefficient (Wildman–Crippen LogP) is 3.41. The molecule has 1 heterocycles. The number of carbonyl (C=O) groups is 2. The van der Waals surface area contributed by atoms with E-state index in [1.807, 2.05) is 44.2 Å². The van der Waals surface area contributed by atoms with E-state index < -0.39 is 12.0 Å². The number of amides is 1. The van der Waals surface area contributed by atoms with Gasteiger partial charge in [0.15, 0.2) is 11.6 Å². The summed E-state index contributed by atoms with van der Waals surface area (Å²) in [6.45, 7) is 5.96. The van der Waals surface area contributed by atoms with E-state index in [1.165, 1.54) is 0 Å². The maximum absolute atomic E-state index is 12.6. The first-order chi connectivity index (χ1) is 13.0. The minimum absolute atomic E-state index is 0.0121. The number of aromatic nitrogens is 1. The van der Waals surface area contributed by atoms with E-state index in [-0.39, 0.29) is 18.9 Å². The van der Waals surface area contributed by atoms with Gasteiger partial charge in [-0.25, -0.2) is 4.79 Å². The van der Waals surface area contributed by atoms with Crippen LogP contribution in [-0.2, 0) is 20.7 Å². The molecule has 6 heteroatoms. The highest BCUT2D eigenvalue weighted by Crippen LogP contribution is 2.23. The summed E-state index contributed by atoms with van der Waals surface area (Å²) in [5.74, 6) is -0.820. The molecule has 3 aromatic rings. The van der Waals surface area contributed by atoms with Gasteiger partial charge in [0, 0.05) is 5.39 Å². The van der Waals surface area contributed by atoms with Crippen molar-refractivity contribution in [1.82, 2.24) is 10.5 Å². The SMILES string of the molecule is CCOC(=O)C(NC(=O)Cc1noc2cc(C)c(C)cc12)c1ccccc1. The Hall–Kier alpha value is -3.15. The Balaban J connectivity index is 1.80. The molecule has 1 aromatic heterocycles. The maximum Gasteiger partial charge on any atom is 0.333 e. The van der Waals surface area contributed by atoms with Crippen LogP contribution in [0, 0.1) is 13.8 Å². The number of rotatable bonds is 6. The highest BCUT2D eigenvalue weighted by molar-refractivity contribution is 5.90. The highest BCUT2D eigenvalue weighted by atomic mass is 16.5. The van der Waals surface area contributed by atoms with E-state index in [0.29, 0.717) is 16.8 Å². The summed E-state index contributed by atoms with van der Waals surface area (Å²) in [6.07, 6.45) is 0.0121. The predicted molar refractivity (Wildman–Crippen MR) is 101 cm³/mol. The summed E-state index contributed by atoms with van der Waals surface area (Å²) in [5.41, 5.74) is 4.05. The van der Waals surface area contributed by atoms with Crippen LogP contribution in [0.5, 0.6) is 0 Å². The van der Waals surface area contributed by atoms with Gasteiger partial charge in [-0.2, -0.15) is 0 Å². The van der Waals surface area contributed by atoms with Crippen LogP contribution in [0.25, 0.3) is 11.0 Å². The quantitative estimate of drug-likeness (QED) is 0.676. The van der Waals surface area contributed by atoms with Crippen molar-refractivity contribution in [3.05, 3.63) is 64.8 Å². The van der Waals surface area contributed by atoms with Crippen molar-refractivity contribution >= 4 is 22.8 Å². The first-order valence-corrected chi connectivity index (χ1v) is 8.86. The third-order valence-corrected chi connectivity index (χ3v) is 4.45. The molecule has 0 saturated heterocycles. The molecule has 1 N–H and O–H groups in total. The summed E-state index contributed by atoms with van der Waals surface area (Å²) in [6, 6.07) is 12.0. The lowest BCUT2D eigenvalue weighted by Gasteiger charge is -2.17. The molecule has 140 valence electrons. The van der Waals surface area contributed by atoms with Gasteiger partial charge in [-0.1, -0.05) is 35.5 Å². The fourth-order valence-corrected chi connectivity index (χ4v) is 2.89. The van der Waals surface area contributed by atoms with Crippen LogP contribution in [0.4, 0.5) is 0 Å². The van der Waals surface area contributed by atoms with Gasteiger partial charge in [0.2, 0.25) is 5.91 Å². The molecule has 1 unspecified atom stereocenters. The second-order valence-electron chi connectivity index (χ2n) is 6.40. The second kappa shape index (κ2) is 8.03. The van der Waals surface area contributed by atoms with Crippen molar-refractivity contribution in [1.29, 1.82) is 0 Å². The van der Waals surface area contributed by atoms with E-state index in [0.717, 1.165) is 16.5 Å². The van der Waals surface area contributed by atoms with E-state index in [1.54, 1.807) is 19.1 Å². The van der Waals surface area contributed by atoms with Crippen LogP contribution in [0.1, 0.15) is 35.3 Å². The number of esters is 1. The summed E-state index contributed by atoms with van der Waals surface area (Å²) in [4.78, 5) is 24.9. The van der Waals surface area contributed by atoms with E-state index in [9.17, 15) is 9.59 Å². The zero-order chi connectivity index (χ0) is 19.4. The number of benzene rings is 2. The van der Waals surface area contributed by atoms with E-state index in [4.69, 9.17) is 9.26 Å². The Labute approximate surface area is 157 Å². The van der Waals surface area contributed by atoms with Crippen LogP contribution >= 0.6 is 0 Å². The third-order valence-electron chi connectivity index (χ3n) is 4.45. The number of ether oxygens (including phenoxy) is 1. The molecule has 0 spiro atoms. The van der Waals surface area contributed by atoms with Crippen LogP contribution in [0.3, 0.4) is 0 Å². The van der Waals surface area contributed by atoms with Crippen molar-refractivity contribution in [3.8, 4) is 0 Å². The normalized spacial score (nSPS) is 12.0. The van der Waals surface area contributed by atoms with Gasteiger partial charge in [-0.05, 0) is 49.6 Å². The standard InChI is InChI=1S/C21H22N2O4/c1-4-26-21(25)20(15-8-6-5-7-9-15)22-19(24)12-17-16-10-13(2)14(3)11-18(16)27-23-17/h5-11,20H,4,12H2,1-3H3,(H,22,24). The Kier molecular flexibility index (Phi) is 5.54. The first kappa shape index (κ1) is 18.6. The number of hydrogen-bond donors (Lipinski definition) is 1. The van der Waals surface area contributed by atoms with Gasteiger partial charge in [0.05, 0.1) is 13.0 Å². The Morgan fingerprint density at radius 1 is 1.15 bits per heavy atom. The fourth-order valence-electron chi connectivity index (χ4n) is 2.89. The van der Waals surface area contributed by atoms with Crippen LogP contribution < -0.4 is 5.32 Å². The zero-order valence-electron chi connectivity index (χ0n) is 15.6. The van der Waals surface area contributed by atoms with Gasteiger partial charge in [0.1, 0.15) is 5.69 Å². The van der Waals surface area contributed by atoms with Crippen molar-refractivity contribution in [3.63, 3.8) is 0 Å². The van der Waals surface area contributed by atoms with Gasteiger partial charge in [-0.3, -0.25) is 4.79 Å². The summed E-state index contributed by atoms with van der Waals surface area (Å²) < 4.78 is 10.4. The minimum Gasteiger partial charge on any atom is -0.464 e. The van der Waals surface area contributed by atoms with Crippen LogP contribution in [-0.4, -0.2) is 23.6 Å². The smallest absolute Gasteiger partial charge is 0.333 e. The molecule has 0 aliphatic carbocycles. The summed E-state index contributed by atoms with van der Waals surface area (Å²) in [7, 11) is 0. The molecular formula is C21H22N2O4. The lowest BCUT2D eigenvalue weighted by Crippen LogP contribution is -2.35. The molecule has 27 heavy (non-hydrogen) atoms. The minimum atomic E-state index is -0.860. The van der Waals surface area contributed by atoms with Gasteiger partial charge >= 0.3 is 5.97 Å². The molecule has 0 aliphatic heterocycles. The lowest BCUT2D eigenvalue weighted by atomic mass is 10.0. The largest absolute Gasteiger partial charge is 0.464 e. The molecule has 0 radical (unpaired) electrons. The topological polar surface area (TPSA) is 81.4 Å². The van der Waals surface area contributed by atoms with E-state index in [2.05, 4.69) is 10.5 Å². The lowest BCUT2D eigenvalue weighted by molar-refractivity contribution is -0.147. The van der Waals surface area contributed by atoms with Crippen molar-refractivity contribution in [2.75, 3.05) is 6.61 Å². The summed E-state index contributed by atoms with van der Waals surface area (Å²) >= 11 is 0. The van der Waals surface area contributed by atoms with Gasteiger partial charge < -0.3 is 14.6 Å². The highest BCUT2D eigenvalue weighted by Gasteiger charge is 2.25. The zero-order valence-corrected chi connectivity index (χ0v) is 15.6. The molecule has 1 amide bonds. The Bertz CT molecular complexity index is 963. The molecule has 0 bridgehead atoms. The molecule has 0 saturated carbocycles. The number of nitrogens with one attached hydrogen (secondary N) is 1. The van der Waals surface area contributed by atoms with Crippen LogP contribution in [0.2, 0.25) is 0 Å². The number of nitrogens with zero attached hydrogens (tertiary/aromatic N) is 1. The number of carbonyl (C=O) groups excluding carboxylic acids is 2. The number of aryl methyl sites for hydroxylation is 2. The number of fused-ring (bicyclic) bond motifs is 1. The van der Waals surface area contributed by atoms with Crippen molar-refractivity contribution < 1.29 is 18.8 Å². The average molecular weight is 366 g/mol. The maximum atomic E-state index is 12.6. The first-order valence-electron chi connectivity index (χ1n) is 8.86. The Morgan fingerprint density at radius 2 is 1.85 bits per heavy atom. The number of hydrogen-bond acceptors (Lipinski definition) is 5. The van der Waals surface area contributed by atoms with Crippen molar-refractivity contribution in [2.45, 2.75) is 33.2 Å². The monoisotopic (exact) mass is 366 g/mol.